The van der Waals surface area contributed by atoms with Gasteiger partial charge in [-0.25, -0.2) is 0 Å². The highest BCUT2D eigenvalue weighted by Gasteiger charge is 2.74. The molecule has 1 aromatic carbocycles. The van der Waals surface area contributed by atoms with E-state index in [0.717, 1.165) is 0 Å². The summed E-state index contributed by atoms with van der Waals surface area (Å²) in [6.45, 7) is 5.55. The molecule has 0 bridgehead atoms. The predicted octanol–water partition coefficient (Wildman–Crippen LogP) is 2.44. The Kier molecular flexibility index (Phi) is 4.46. The van der Waals surface area contributed by atoms with Gasteiger partial charge in [0.05, 0.1) is 0 Å². The largest absolute Gasteiger partial charge is 0.524 e. The van der Waals surface area contributed by atoms with Crippen molar-refractivity contribution in [1.29, 1.82) is 0 Å². The van der Waals surface area contributed by atoms with Crippen LogP contribution in [0.1, 0.15) is 33.3 Å². The summed E-state index contributed by atoms with van der Waals surface area (Å²) in [5.41, 5.74) is -4.14. The van der Waals surface area contributed by atoms with Crippen LogP contribution in [0, 0.1) is 26.1 Å². The molecular weight excluding hydrogens is 276 g/mol. The van der Waals surface area contributed by atoms with Crippen LogP contribution in [0.2, 0.25) is 0 Å². The number of hydrogen-bond donors (Lipinski definition) is 0. The van der Waals surface area contributed by atoms with Gasteiger partial charge in [-0.1, -0.05) is 44.2 Å². The average Bonchev–Trinajstić information content (AvgIpc) is 2.38. The van der Waals surface area contributed by atoms with E-state index in [-0.39, 0.29) is 0 Å². The number of hydrogen-bond acceptors (Lipinski definition) is 5. The summed E-state index contributed by atoms with van der Waals surface area (Å²) in [6, 6.07) is 8.05. The van der Waals surface area contributed by atoms with Crippen LogP contribution < -0.4 is 0 Å². The minimum absolute atomic E-state index is 0.368. The number of benzene rings is 1. The quantitative estimate of drug-likeness (QED) is 0.455. The summed E-state index contributed by atoms with van der Waals surface area (Å²) < 4.78 is 0. The zero-order valence-corrected chi connectivity index (χ0v) is 12.4. The van der Waals surface area contributed by atoms with Crippen molar-refractivity contribution in [1.82, 2.24) is 0 Å². The molecule has 0 fully saturated rings. The zero-order chi connectivity index (χ0) is 16.4. The van der Waals surface area contributed by atoms with Crippen molar-refractivity contribution in [3.05, 3.63) is 56.1 Å². The molecule has 1 aromatic rings. The fourth-order valence-electron chi connectivity index (χ4n) is 2.47. The molecule has 0 atom stereocenters. The molecule has 0 aliphatic carbocycles. The van der Waals surface area contributed by atoms with Gasteiger partial charge in [-0.05, 0) is 19.4 Å². The van der Waals surface area contributed by atoms with Crippen LogP contribution in [-0.2, 0) is 10.2 Å². The maximum atomic E-state index is 12.4. The van der Waals surface area contributed by atoms with Crippen molar-refractivity contribution in [2.45, 2.75) is 38.8 Å². The van der Waals surface area contributed by atoms with Crippen LogP contribution in [0.3, 0.4) is 0 Å². The standard InChI is InChI=1S/C14H18N2O5/c1-10(2)12(17)14(15(18)19,16(20)21)13(3,4)11-8-6-5-7-9-11/h5-10H,1-4H3. The number of carbonyl (C=O) groups is 1. The van der Waals surface area contributed by atoms with Gasteiger partial charge in [0.15, 0.2) is 0 Å². The van der Waals surface area contributed by atoms with E-state index in [1.54, 1.807) is 30.3 Å². The summed E-state index contributed by atoms with van der Waals surface area (Å²) in [4.78, 5) is 33.4. The summed E-state index contributed by atoms with van der Waals surface area (Å²) >= 11 is 0. The molecule has 21 heavy (non-hydrogen) atoms. The maximum absolute atomic E-state index is 12.4. The van der Waals surface area contributed by atoms with E-state index in [4.69, 9.17) is 0 Å². The van der Waals surface area contributed by atoms with Gasteiger partial charge in [-0.3, -0.25) is 25.0 Å². The van der Waals surface area contributed by atoms with Gasteiger partial charge in [0.1, 0.15) is 15.3 Å². The highest BCUT2D eigenvalue weighted by atomic mass is 16.7. The maximum Gasteiger partial charge on any atom is 0.524 e. The lowest BCUT2D eigenvalue weighted by Gasteiger charge is -2.31. The number of carbonyl (C=O) groups excluding carboxylic acids is 1. The van der Waals surface area contributed by atoms with Crippen molar-refractivity contribution in [3.63, 3.8) is 0 Å². The molecule has 0 aliphatic heterocycles. The molecule has 0 amide bonds. The third-order valence-corrected chi connectivity index (χ3v) is 3.76. The first-order chi connectivity index (χ1) is 9.60. The lowest BCUT2D eigenvalue weighted by atomic mass is 9.69. The number of Topliss-reactive ketones (excluding diaryl/α,β-unsaturated/α-hetero) is 1. The fourth-order valence-corrected chi connectivity index (χ4v) is 2.47. The van der Waals surface area contributed by atoms with Crippen molar-refractivity contribution >= 4 is 5.78 Å². The average molecular weight is 294 g/mol. The Balaban J connectivity index is 3.68. The van der Waals surface area contributed by atoms with E-state index >= 15 is 0 Å². The molecule has 0 spiro atoms. The van der Waals surface area contributed by atoms with E-state index in [9.17, 15) is 25.0 Å². The normalized spacial score (nSPS) is 12.2. The Morgan fingerprint density at radius 3 is 1.81 bits per heavy atom. The van der Waals surface area contributed by atoms with Crippen molar-refractivity contribution < 1.29 is 14.6 Å². The molecule has 7 nitrogen and oxygen atoms in total. The molecule has 0 aromatic heterocycles. The van der Waals surface area contributed by atoms with Gasteiger partial charge in [-0.15, -0.1) is 0 Å². The molecule has 0 radical (unpaired) electrons. The smallest absolute Gasteiger partial charge is 0.283 e. The summed E-state index contributed by atoms with van der Waals surface area (Å²) in [5.74, 6) is -1.84. The molecule has 0 heterocycles. The summed E-state index contributed by atoms with van der Waals surface area (Å²) in [7, 11) is 0. The Hall–Kier alpha value is -2.31. The third kappa shape index (κ3) is 2.39. The molecule has 0 saturated carbocycles. The van der Waals surface area contributed by atoms with Gasteiger partial charge in [0.25, 0.3) is 5.78 Å². The van der Waals surface area contributed by atoms with Gasteiger partial charge in [0, 0.05) is 5.92 Å². The lowest BCUT2D eigenvalue weighted by Crippen LogP contribution is -2.65. The van der Waals surface area contributed by atoms with Crippen LogP contribution in [0.25, 0.3) is 0 Å². The Bertz CT molecular complexity index is 552. The fraction of sp³-hybridized carbons (Fsp3) is 0.500. The van der Waals surface area contributed by atoms with Crippen LogP contribution in [0.5, 0.6) is 0 Å². The topological polar surface area (TPSA) is 103 Å². The summed E-state index contributed by atoms with van der Waals surface area (Å²) in [6.07, 6.45) is 0. The first kappa shape index (κ1) is 16.7. The SMILES string of the molecule is CC(C)C(=O)C([N+](=O)[O-])([N+](=O)[O-])C(C)(C)c1ccccc1. The molecule has 0 aliphatic rings. The van der Waals surface area contributed by atoms with Crippen LogP contribution in [0.4, 0.5) is 0 Å². The number of nitro groups is 2. The van der Waals surface area contributed by atoms with Crippen molar-refractivity contribution in [2.24, 2.45) is 5.92 Å². The summed E-state index contributed by atoms with van der Waals surface area (Å²) in [5, 5.41) is 23.1. The highest BCUT2D eigenvalue weighted by Crippen LogP contribution is 2.40. The number of ketones is 1. The molecule has 7 heteroatoms. The van der Waals surface area contributed by atoms with Gasteiger partial charge in [0.2, 0.25) is 0 Å². The van der Waals surface area contributed by atoms with E-state index < -0.39 is 32.6 Å². The monoisotopic (exact) mass is 294 g/mol. The Labute approximate surface area is 122 Å². The zero-order valence-electron chi connectivity index (χ0n) is 12.4. The number of nitrogens with zero attached hydrogens (tertiary/aromatic N) is 2. The molecule has 0 unspecified atom stereocenters. The Morgan fingerprint density at radius 2 is 1.48 bits per heavy atom. The van der Waals surface area contributed by atoms with E-state index in [1.807, 2.05) is 0 Å². The van der Waals surface area contributed by atoms with E-state index in [1.165, 1.54) is 27.7 Å². The molecular formula is C14H18N2O5. The van der Waals surface area contributed by atoms with Crippen molar-refractivity contribution in [3.8, 4) is 0 Å². The minimum Gasteiger partial charge on any atom is -0.283 e. The molecule has 0 saturated heterocycles. The number of rotatable bonds is 6. The molecule has 0 N–H and O–H groups in total. The van der Waals surface area contributed by atoms with E-state index in [0.29, 0.717) is 5.56 Å². The van der Waals surface area contributed by atoms with E-state index in [2.05, 4.69) is 0 Å². The first-order valence-electron chi connectivity index (χ1n) is 6.49. The van der Waals surface area contributed by atoms with Crippen LogP contribution in [-0.4, -0.2) is 21.3 Å². The highest BCUT2D eigenvalue weighted by molar-refractivity contribution is 5.88. The van der Waals surface area contributed by atoms with Gasteiger partial charge in [-0.2, -0.15) is 0 Å². The predicted molar refractivity (Wildman–Crippen MR) is 76.0 cm³/mol. The Morgan fingerprint density at radius 1 is 1.05 bits per heavy atom. The van der Waals surface area contributed by atoms with Gasteiger partial charge < -0.3 is 0 Å². The first-order valence-corrected chi connectivity index (χ1v) is 6.49. The minimum atomic E-state index is -2.91. The molecule has 1 rings (SSSR count). The van der Waals surface area contributed by atoms with Crippen LogP contribution in [0.15, 0.2) is 30.3 Å². The van der Waals surface area contributed by atoms with Crippen LogP contribution >= 0.6 is 0 Å². The second-order valence-corrected chi connectivity index (χ2v) is 5.70. The van der Waals surface area contributed by atoms with Gasteiger partial charge >= 0.3 is 5.66 Å². The lowest BCUT2D eigenvalue weighted by molar-refractivity contribution is -0.787. The second-order valence-electron chi connectivity index (χ2n) is 5.70. The molecule has 114 valence electrons. The van der Waals surface area contributed by atoms with Crippen molar-refractivity contribution in [2.75, 3.05) is 0 Å². The second kappa shape index (κ2) is 5.59. The third-order valence-electron chi connectivity index (χ3n) is 3.76.